The molecule has 4 nitrogen and oxygen atoms in total. The lowest BCUT2D eigenvalue weighted by atomic mass is 10.00. The molecule has 0 saturated carbocycles. The summed E-state index contributed by atoms with van der Waals surface area (Å²) in [5.74, 6) is 1.04. The number of aliphatic hydroxyl groups is 1. The van der Waals surface area contributed by atoms with Gasteiger partial charge in [0.15, 0.2) is 0 Å². The monoisotopic (exact) mass is 330 g/mol. The van der Waals surface area contributed by atoms with Crippen molar-refractivity contribution in [3.8, 4) is 5.75 Å². The molecule has 3 heterocycles. The third-order valence-corrected chi connectivity index (χ3v) is 5.73. The van der Waals surface area contributed by atoms with E-state index < -0.39 is 0 Å². The average molecular weight is 330 g/mol. The van der Waals surface area contributed by atoms with Crippen LogP contribution in [-0.2, 0) is 13.0 Å². The third-order valence-electron chi connectivity index (χ3n) is 5.73. The van der Waals surface area contributed by atoms with E-state index in [0.29, 0.717) is 6.04 Å². The van der Waals surface area contributed by atoms with E-state index in [0.717, 1.165) is 44.9 Å². The highest BCUT2D eigenvalue weighted by molar-refractivity contribution is 5.41. The number of ether oxygens (including phenoxy) is 1. The van der Waals surface area contributed by atoms with Gasteiger partial charge in [-0.2, -0.15) is 0 Å². The molecule has 4 heteroatoms. The highest BCUT2D eigenvalue weighted by Gasteiger charge is 2.36. The Balaban J connectivity index is 1.40. The minimum absolute atomic E-state index is 0.0792. The Morgan fingerprint density at radius 1 is 1.17 bits per heavy atom. The Kier molecular flexibility index (Phi) is 4.31. The number of nitrogens with zero attached hydrogens (tertiary/aromatic N) is 2. The van der Waals surface area contributed by atoms with Crippen molar-refractivity contribution in [2.24, 2.45) is 0 Å². The molecule has 24 heavy (non-hydrogen) atoms. The number of β-amino-alcohol motifs (C(OH)–C–C–N with tert-alkyl or cyclic N) is 1. The summed E-state index contributed by atoms with van der Waals surface area (Å²) in [7, 11) is 0. The van der Waals surface area contributed by atoms with Crippen LogP contribution in [-0.4, -0.2) is 58.8 Å². The molecule has 2 saturated heterocycles. The maximum absolute atomic E-state index is 10.5. The molecule has 0 aromatic heterocycles. The van der Waals surface area contributed by atoms with Crippen LogP contribution in [0.25, 0.3) is 0 Å². The van der Waals surface area contributed by atoms with Gasteiger partial charge < -0.3 is 9.84 Å². The van der Waals surface area contributed by atoms with Crippen LogP contribution >= 0.6 is 0 Å². The van der Waals surface area contributed by atoms with Gasteiger partial charge in [-0.25, -0.2) is 0 Å². The first kappa shape index (κ1) is 16.4. The summed E-state index contributed by atoms with van der Waals surface area (Å²) in [5, 5.41) is 10.5. The van der Waals surface area contributed by atoms with Gasteiger partial charge in [0.2, 0.25) is 0 Å². The number of hydrogen-bond acceptors (Lipinski definition) is 4. The van der Waals surface area contributed by atoms with Gasteiger partial charge in [-0.05, 0) is 57.0 Å². The molecule has 1 N–H and O–H groups in total. The van der Waals surface area contributed by atoms with Crippen LogP contribution < -0.4 is 4.74 Å². The molecular weight excluding hydrogens is 300 g/mol. The Morgan fingerprint density at radius 3 is 2.75 bits per heavy atom. The topological polar surface area (TPSA) is 35.9 Å². The fourth-order valence-electron chi connectivity index (χ4n) is 4.60. The van der Waals surface area contributed by atoms with Crippen molar-refractivity contribution in [2.45, 2.75) is 63.8 Å². The molecule has 132 valence electrons. The molecule has 2 fully saturated rings. The minimum Gasteiger partial charge on any atom is -0.487 e. The number of likely N-dealkylation sites (tertiary alicyclic amines) is 2. The number of fused-ring (bicyclic) bond motifs is 1. The zero-order chi connectivity index (χ0) is 16.7. The quantitative estimate of drug-likeness (QED) is 0.923. The van der Waals surface area contributed by atoms with E-state index in [-0.39, 0.29) is 11.7 Å². The first-order valence-electron chi connectivity index (χ1n) is 9.45. The van der Waals surface area contributed by atoms with Gasteiger partial charge in [-0.1, -0.05) is 18.6 Å². The van der Waals surface area contributed by atoms with Gasteiger partial charge in [0.1, 0.15) is 11.4 Å². The second kappa shape index (κ2) is 6.32. The molecule has 1 aromatic rings. The Bertz CT molecular complexity index is 595. The van der Waals surface area contributed by atoms with Crippen molar-refractivity contribution < 1.29 is 9.84 Å². The number of hydrogen-bond donors (Lipinski definition) is 1. The van der Waals surface area contributed by atoms with Crippen LogP contribution in [0.2, 0.25) is 0 Å². The van der Waals surface area contributed by atoms with Gasteiger partial charge >= 0.3 is 0 Å². The summed E-state index contributed by atoms with van der Waals surface area (Å²) in [6.07, 6.45) is 4.68. The Morgan fingerprint density at radius 2 is 1.96 bits per heavy atom. The highest BCUT2D eigenvalue weighted by Crippen LogP contribution is 2.35. The zero-order valence-electron chi connectivity index (χ0n) is 15.0. The number of benzene rings is 1. The van der Waals surface area contributed by atoms with Crippen molar-refractivity contribution in [1.82, 2.24) is 9.80 Å². The number of rotatable bonds is 3. The summed E-state index contributed by atoms with van der Waals surface area (Å²) in [4.78, 5) is 4.92. The fourth-order valence-corrected chi connectivity index (χ4v) is 4.60. The van der Waals surface area contributed by atoms with Crippen molar-refractivity contribution in [3.63, 3.8) is 0 Å². The smallest absolute Gasteiger partial charge is 0.123 e. The predicted octanol–water partition coefficient (Wildman–Crippen LogP) is 2.43. The molecule has 0 radical (unpaired) electrons. The molecule has 3 aliphatic heterocycles. The Hall–Kier alpha value is -1.10. The SMILES string of the molecule is CC1(C)Cc2cc(CN3C[C@H](O)[C@@H](N4CCCCC4)C3)ccc2O1. The number of aliphatic hydroxyl groups excluding tert-OH is 1. The van der Waals surface area contributed by atoms with E-state index in [1.165, 1.54) is 30.4 Å². The molecule has 0 aliphatic carbocycles. The summed E-state index contributed by atoms with van der Waals surface area (Å²) in [5.41, 5.74) is 2.58. The summed E-state index contributed by atoms with van der Waals surface area (Å²) >= 11 is 0. The van der Waals surface area contributed by atoms with Crippen LogP contribution in [0.5, 0.6) is 5.75 Å². The van der Waals surface area contributed by atoms with Gasteiger partial charge in [0, 0.05) is 32.1 Å². The normalized spacial score (nSPS) is 30.3. The van der Waals surface area contributed by atoms with Crippen molar-refractivity contribution in [2.75, 3.05) is 26.2 Å². The van der Waals surface area contributed by atoms with Crippen molar-refractivity contribution in [1.29, 1.82) is 0 Å². The van der Waals surface area contributed by atoms with E-state index in [2.05, 4.69) is 41.8 Å². The maximum Gasteiger partial charge on any atom is 0.123 e. The van der Waals surface area contributed by atoms with Crippen LogP contribution in [0, 0.1) is 0 Å². The molecule has 0 spiro atoms. The molecular formula is C20H30N2O2. The first-order chi connectivity index (χ1) is 11.5. The third kappa shape index (κ3) is 3.32. The van der Waals surface area contributed by atoms with Crippen molar-refractivity contribution in [3.05, 3.63) is 29.3 Å². The lowest BCUT2D eigenvalue weighted by Crippen LogP contribution is -2.45. The fraction of sp³-hybridized carbons (Fsp3) is 0.700. The largest absolute Gasteiger partial charge is 0.487 e. The standard InChI is InChI=1S/C20H30N2O2/c1-20(2)11-16-10-15(6-7-19(16)24-20)12-21-13-17(18(23)14-21)22-8-4-3-5-9-22/h6-7,10,17-18,23H,3-5,8-9,11-14H2,1-2H3/t17-,18-/m0/s1. The van der Waals surface area contributed by atoms with E-state index in [9.17, 15) is 5.11 Å². The lowest BCUT2D eigenvalue weighted by molar-refractivity contribution is 0.0706. The molecule has 1 aromatic carbocycles. The summed E-state index contributed by atoms with van der Waals surface area (Å²) < 4.78 is 5.97. The van der Waals surface area contributed by atoms with E-state index >= 15 is 0 Å². The average Bonchev–Trinajstić information content (AvgIpc) is 3.05. The summed E-state index contributed by atoms with van der Waals surface area (Å²) in [6.45, 7) is 9.30. The Labute approximate surface area is 145 Å². The number of piperidine rings is 1. The maximum atomic E-state index is 10.5. The molecule has 0 bridgehead atoms. The van der Waals surface area contributed by atoms with E-state index in [1.807, 2.05) is 0 Å². The summed E-state index contributed by atoms with van der Waals surface area (Å²) in [6, 6.07) is 6.92. The lowest BCUT2D eigenvalue weighted by Gasteiger charge is -2.33. The van der Waals surface area contributed by atoms with Gasteiger partial charge in [0.05, 0.1) is 6.10 Å². The molecule has 0 unspecified atom stereocenters. The van der Waals surface area contributed by atoms with Crippen LogP contribution in [0.1, 0.15) is 44.2 Å². The highest BCUT2D eigenvalue weighted by atomic mass is 16.5. The van der Waals surface area contributed by atoms with Gasteiger partial charge in [-0.15, -0.1) is 0 Å². The first-order valence-corrected chi connectivity index (χ1v) is 9.45. The van der Waals surface area contributed by atoms with Crippen LogP contribution in [0.3, 0.4) is 0 Å². The predicted molar refractivity (Wildman–Crippen MR) is 95.3 cm³/mol. The molecule has 3 aliphatic rings. The van der Waals surface area contributed by atoms with Gasteiger partial charge in [-0.3, -0.25) is 9.80 Å². The zero-order valence-corrected chi connectivity index (χ0v) is 15.0. The van der Waals surface area contributed by atoms with E-state index in [4.69, 9.17) is 4.74 Å². The second-order valence-electron chi connectivity index (χ2n) is 8.41. The van der Waals surface area contributed by atoms with Crippen molar-refractivity contribution >= 4 is 0 Å². The van der Waals surface area contributed by atoms with E-state index in [1.54, 1.807) is 0 Å². The van der Waals surface area contributed by atoms with Crippen LogP contribution in [0.4, 0.5) is 0 Å². The van der Waals surface area contributed by atoms with Gasteiger partial charge in [0.25, 0.3) is 0 Å². The molecule has 0 amide bonds. The molecule has 2 atom stereocenters. The minimum atomic E-state index is -0.209. The van der Waals surface area contributed by atoms with Crippen LogP contribution in [0.15, 0.2) is 18.2 Å². The second-order valence-corrected chi connectivity index (χ2v) is 8.41. The molecule has 4 rings (SSSR count).